The Kier molecular flexibility index (Phi) is 7.87. The van der Waals surface area contributed by atoms with E-state index < -0.39 is 22.5 Å². The number of aliphatic hydroxyl groups excluding tert-OH is 1. The summed E-state index contributed by atoms with van der Waals surface area (Å²) in [6.07, 6.45) is 12.4. The number of nitrogens with zero attached hydrogens (tertiary/aromatic N) is 1. The minimum absolute atomic E-state index is 0.0291. The fraction of sp³-hybridized carbons (Fsp3) is 0.561. The van der Waals surface area contributed by atoms with Gasteiger partial charge in [-0.05, 0) is 86.7 Å². The normalized spacial score (nSPS) is 38.2. The second-order valence-corrected chi connectivity index (χ2v) is 15.7. The number of benzene rings is 2. The largest absolute Gasteiger partial charge is 0.450 e. The molecular weight excluding hydrogens is 586 g/mol. The first-order valence-electron chi connectivity index (χ1n) is 17.9. The lowest BCUT2D eigenvalue weighted by Crippen LogP contribution is -2.67. The quantitative estimate of drug-likeness (QED) is 0.226. The number of hydrogen-bond acceptors (Lipinski definition) is 5. The third-order valence-electron chi connectivity index (χ3n) is 13.7. The van der Waals surface area contributed by atoms with E-state index in [-0.39, 0.29) is 41.1 Å². The van der Waals surface area contributed by atoms with E-state index >= 15 is 0 Å². The van der Waals surface area contributed by atoms with Crippen LogP contribution in [0.3, 0.4) is 0 Å². The van der Waals surface area contributed by atoms with Crippen molar-refractivity contribution in [1.82, 2.24) is 4.90 Å². The van der Waals surface area contributed by atoms with Crippen molar-refractivity contribution >= 4 is 11.9 Å². The fourth-order valence-electron chi connectivity index (χ4n) is 11.2. The second kappa shape index (κ2) is 11.4. The molecule has 2 N–H and O–H groups in total. The van der Waals surface area contributed by atoms with Crippen molar-refractivity contribution in [3.8, 4) is 11.1 Å². The molecule has 8 unspecified atom stereocenters. The first-order chi connectivity index (χ1) is 22.5. The monoisotopic (exact) mass is 637 g/mol. The Balaban J connectivity index is 1.31. The summed E-state index contributed by atoms with van der Waals surface area (Å²) in [5.41, 5.74) is 1.09. The number of ether oxygens (including phenoxy) is 1. The number of carbonyl (C=O) groups excluding carboxylic acids is 2. The van der Waals surface area contributed by atoms with Crippen molar-refractivity contribution in [2.24, 2.45) is 33.5 Å². The molecule has 0 radical (unpaired) electrons. The molecule has 0 saturated heterocycles. The first-order valence-corrected chi connectivity index (χ1v) is 17.9. The molecule has 6 aliphatic carbocycles. The Bertz CT molecular complexity index is 1600. The zero-order valence-corrected chi connectivity index (χ0v) is 28.5. The van der Waals surface area contributed by atoms with Crippen LogP contribution in [0.25, 0.3) is 11.1 Å². The van der Waals surface area contributed by atoms with Gasteiger partial charge in [0.15, 0.2) is 5.78 Å². The Morgan fingerprint density at radius 1 is 0.872 bits per heavy atom. The highest BCUT2D eigenvalue weighted by Gasteiger charge is 2.74. The van der Waals surface area contributed by atoms with Crippen molar-refractivity contribution in [3.63, 3.8) is 0 Å². The fourth-order valence-corrected chi connectivity index (χ4v) is 11.2. The smallest absolute Gasteiger partial charge is 0.409 e. The summed E-state index contributed by atoms with van der Waals surface area (Å²) in [6, 6.07) is 18.2. The van der Waals surface area contributed by atoms with Crippen molar-refractivity contribution in [2.45, 2.75) is 90.8 Å². The molecule has 6 heteroatoms. The van der Waals surface area contributed by atoms with Gasteiger partial charge in [-0.3, -0.25) is 4.79 Å². The van der Waals surface area contributed by atoms with Crippen LogP contribution in [0.5, 0.6) is 0 Å². The van der Waals surface area contributed by atoms with Gasteiger partial charge in [0.25, 0.3) is 0 Å². The van der Waals surface area contributed by atoms with Gasteiger partial charge in [-0.2, -0.15) is 0 Å². The van der Waals surface area contributed by atoms with Crippen molar-refractivity contribution in [3.05, 3.63) is 84.0 Å². The van der Waals surface area contributed by atoms with E-state index in [2.05, 4.69) is 44.2 Å². The van der Waals surface area contributed by atoms with Gasteiger partial charge < -0.3 is 19.8 Å². The van der Waals surface area contributed by atoms with E-state index in [9.17, 15) is 19.8 Å². The Morgan fingerprint density at radius 3 is 2.23 bits per heavy atom. The minimum atomic E-state index is -1.10. The van der Waals surface area contributed by atoms with Crippen LogP contribution < -0.4 is 0 Å². The summed E-state index contributed by atoms with van der Waals surface area (Å²) in [5, 5.41) is 23.7. The van der Waals surface area contributed by atoms with Crippen molar-refractivity contribution in [1.29, 1.82) is 0 Å². The third-order valence-corrected chi connectivity index (χ3v) is 13.7. The average Bonchev–Trinajstić information content (AvgIpc) is 3.34. The maximum Gasteiger partial charge on any atom is 0.409 e. The number of rotatable bonds is 8. The number of ketones is 1. The minimum Gasteiger partial charge on any atom is -0.450 e. The lowest BCUT2D eigenvalue weighted by atomic mass is 9.32. The molecule has 6 nitrogen and oxygen atoms in total. The van der Waals surface area contributed by atoms with Gasteiger partial charge in [-0.15, -0.1) is 0 Å². The Morgan fingerprint density at radius 2 is 1.53 bits per heavy atom. The van der Waals surface area contributed by atoms with Crippen LogP contribution in [0.2, 0.25) is 0 Å². The predicted octanol–water partition coefficient (Wildman–Crippen LogP) is 8.00. The SMILES string of the molecule is CCCN(CC1(O)CCC2C34C=CC5(C=C3C(=O)c3ccc(-c6ccccc6)cc3)CC(O)CCC5(C)C4CCC21C)C(=O)OCC. The third kappa shape index (κ3) is 4.57. The zero-order chi connectivity index (χ0) is 33.2. The molecular formula is C41H51NO5. The lowest BCUT2D eigenvalue weighted by Gasteiger charge is -2.71. The lowest BCUT2D eigenvalue weighted by molar-refractivity contribution is -0.175. The maximum atomic E-state index is 14.9. The van der Waals surface area contributed by atoms with Gasteiger partial charge in [-0.25, -0.2) is 4.79 Å². The molecule has 0 heterocycles. The maximum absolute atomic E-state index is 14.9. The van der Waals surface area contributed by atoms with E-state index in [0.29, 0.717) is 31.6 Å². The molecule has 8 atom stereocenters. The molecule has 3 fully saturated rings. The Labute approximate surface area is 279 Å². The number of carbonyl (C=O) groups is 2. The summed E-state index contributed by atoms with van der Waals surface area (Å²) < 4.78 is 5.42. The van der Waals surface area contributed by atoms with Gasteiger partial charge in [-0.1, -0.05) is 93.6 Å². The predicted molar refractivity (Wildman–Crippen MR) is 184 cm³/mol. The van der Waals surface area contributed by atoms with E-state index in [1.807, 2.05) is 56.3 Å². The van der Waals surface area contributed by atoms with Crippen LogP contribution in [-0.2, 0) is 4.74 Å². The molecule has 47 heavy (non-hydrogen) atoms. The highest BCUT2D eigenvalue weighted by Crippen LogP contribution is 2.78. The van der Waals surface area contributed by atoms with Crippen LogP contribution in [0.1, 0.15) is 89.4 Å². The van der Waals surface area contributed by atoms with E-state index in [1.54, 1.807) is 4.90 Å². The van der Waals surface area contributed by atoms with Gasteiger partial charge in [0.1, 0.15) is 0 Å². The number of allylic oxidation sites excluding steroid dienone is 4. The summed E-state index contributed by atoms with van der Waals surface area (Å²) in [6.45, 7) is 9.54. The summed E-state index contributed by atoms with van der Waals surface area (Å²) >= 11 is 0. The highest BCUT2D eigenvalue weighted by atomic mass is 16.6. The number of fused-ring (bicyclic) bond motifs is 1. The van der Waals surface area contributed by atoms with Crippen LogP contribution in [0, 0.1) is 33.5 Å². The molecule has 6 aliphatic rings. The Hall–Kier alpha value is -3.22. The molecule has 8 rings (SSSR count). The van der Waals surface area contributed by atoms with E-state index in [1.165, 1.54) is 0 Å². The highest BCUT2D eigenvalue weighted by molar-refractivity contribution is 6.10. The molecule has 2 aromatic rings. The van der Waals surface area contributed by atoms with Gasteiger partial charge in [0.2, 0.25) is 0 Å². The number of hydrogen-bond donors (Lipinski definition) is 2. The molecule has 2 spiro atoms. The molecule has 0 aromatic heterocycles. The second-order valence-electron chi connectivity index (χ2n) is 15.7. The summed E-state index contributed by atoms with van der Waals surface area (Å²) in [5.74, 6) is 0.304. The number of amides is 1. The van der Waals surface area contributed by atoms with Gasteiger partial charge in [0, 0.05) is 33.9 Å². The van der Waals surface area contributed by atoms with E-state index in [4.69, 9.17) is 4.74 Å². The van der Waals surface area contributed by atoms with Gasteiger partial charge >= 0.3 is 6.09 Å². The average molecular weight is 638 g/mol. The molecule has 2 bridgehead atoms. The molecule has 2 aromatic carbocycles. The van der Waals surface area contributed by atoms with Gasteiger partial charge in [0.05, 0.1) is 24.9 Å². The van der Waals surface area contributed by atoms with Crippen molar-refractivity contribution in [2.75, 3.05) is 19.7 Å². The van der Waals surface area contributed by atoms with Crippen LogP contribution in [0.4, 0.5) is 4.79 Å². The summed E-state index contributed by atoms with van der Waals surface area (Å²) in [7, 11) is 0. The molecule has 250 valence electrons. The van der Waals surface area contributed by atoms with Crippen molar-refractivity contribution < 1.29 is 24.5 Å². The molecule has 1 amide bonds. The number of Topliss-reactive ketones (excluding diaryl/α,β-unsaturated/α-hetero) is 1. The summed E-state index contributed by atoms with van der Waals surface area (Å²) in [4.78, 5) is 29.7. The standard InChI is InChI=1S/C41H51NO5/c1-5-24-42(36(45)47-6-2)27-40(46)21-18-34-38(40,4)20-17-33-37(3)19-16-31(43)25-39(37)22-23-41(33,34)32(26-39)35(44)30-14-12-29(13-15-30)28-10-8-7-9-11-28/h7-15,22-23,26,31,33-34,43,46H,5-6,16-21,24-25,27H2,1-4H3. The topological polar surface area (TPSA) is 87.1 Å². The first kappa shape index (κ1) is 32.3. The van der Waals surface area contributed by atoms with Crippen LogP contribution >= 0.6 is 0 Å². The van der Waals surface area contributed by atoms with Crippen LogP contribution in [-0.4, -0.2) is 58.4 Å². The van der Waals surface area contributed by atoms with Crippen LogP contribution in [0.15, 0.2) is 78.4 Å². The molecule has 3 saturated carbocycles. The van der Waals surface area contributed by atoms with E-state index in [0.717, 1.165) is 55.2 Å². The number of aliphatic hydroxyl groups is 2. The molecule has 0 aliphatic heterocycles. The zero-order valence-electron chi connectivity index (χ0n) is 28.5.